The van der Waals surface area contributed by atoms with E-state index in [1.165, 1.54) is 18.8 Å². The van der Waals surface area contributed by atoms with Crippen LogP contribution in [-0.2, 0) is 9.47 Å². The van der Waals surface area contributed by atoms with Gasteiger partial charge in [0.25, 0.3) is 0 Å². The fraction of sp³-hybridized carbons (Fsp3) is 0. The van der Waals surface area contributed by atoms with E-state index in [0.717, 1.165) is 6.21 Å². The minimum Gasteiger partial charge on any atom is -0.465 e. The van der Waals surface area contributed by atoms with Gasteiger partial charge in [0.2, 0.25) is 0 Å². The van der Waals surface area contributed by atoms with Crippen molar-refractivity contribution in [3.8, 4) is 0 Å². The Morgan fingerprint density at radius 1 is 1.56 bits per heavy atom. The average Bonchev–Trinajstić information content (AvgIpc) is 1.91. The van der Waals surface area contributed by atoms with Crippen LogP contribution in [0.2, 0.25) is 0 Å². The summed E-state index contributed by atoms with van der Waals surface area (Å²) in [5.74, 6) is 0.361. The van der Waals surface area contributed by atoms with Crippen molar-refractivity contribution >= 4 is 6.21 Å². The molecule has 0 atom stereocenters. The molecule has 1 aliphatic heterocycles. The molecule has 4 nitrogen and oxygen atoms in total. The lowest BCUT2D eigenvalue weighted by atomic mass is 10.6. The van der Waals surface area contributed by atoms with Crippen molar-refractivity contribution in [3.63, 3.8) is 0 Å². The molecule has 1 aliphatic rings. The minimum absolute atomic E-state index is 0.361. The third-order valence-electron chi connectivity index (χ3n) is 0.707. The van der Waals surface area contributed by atoms with E-state index in [9.17, 15) is 0 Å². The molecule has 1 rings (SSSR count). The fourth-order valence-electron chi connectivity index (χ4n) is 0.390. The van der Waals surface area contributed by atoms with Gasteiger partial charge in [0.1, 0.15) is 25.0 Å². The number of allylic oxidation sites excluding steroid dienone is 1. The van der Waals surface area contributed by atoms with Gasteiger partial charge in [-0.25, -0.2) is 0 Å². The maximum absolute atomic E-state index is 7.99. The second-order valence-electron chi connectivity index (χ2n) is 1.29. The van der Waals surface area contributed by atoms with E-state index in [1.807, 2.05) is 0 Å². The summed E-state index contributed by atoms with van der Waals surface area (Å²) in [6.07, 6.45) is 5.16. The molecule has 0 aromatic heterocycles. The zero-order valence-electron chi connectivity index (χ0n) is 4.52. The normalized spacial score (nSPS) is 16.7. The Hall–Kier alpha value is -1.45. The van der Waals surface area contributed by atoms with Crippen LogP contribution < -0.4 is 0 Å². The van der Waals surface area contributed by atoms with Gasteiger partial charge in [0, 0.05) is 0 Å². The standard InChI is InChI=1S/C5H5NO3/c7-6-3-5-4-8-1-2-9-5/h1-4,7H. The van der Waals surface area contributed by atoms with Crippen molar-refractivity contribution in [3.05, 3.63) is 24.5 Å². The Morgan fingerprint density at radius 3 is 3.00 bits per heavy atom. The highest BCUT2D eigenvalue weighted by atomic mass is 16.5. The molecule has 0 saturated carbocycles. The van der Waals surface area contributed by atoms with Crippen LogP contribution in [0, 0.1) is 0 Å². The van der Waals surface area contributed by atoms with Crippen molar-refractivity contribution in [1.29, 1.82) is 0 Å². The Morgan fingerprint density at radius 2 is 2.44 bits per heavy atom. The van der Waals surface area contributed by atoms with Crippen molar-refractivity contribution in [2.45, 2.75) is 0 Å². The molecule has 0 aromatic carbocycles. The van der Waals surface area contributed by atoms with Gasteiger partial charge in [0.05, 0.1) is 0 Å². The third-order valence-corrected chi connectivity index (χ3v) is 0.707. The highest BCUT2D eigenvalue weighted by molar-refractivity contribution is 5.75. The van der Waals surface area contributed by atoms with E-state index in [1.54, 1.807) is 0 Å². The maximum Gasteiger partial charge on any atom is 0.183 e. The minimum atomic E-state index is 0.361. The first-order valence-corrected chi connectivity index (χ1v) is 2.28. The Balaban J connectivity index is 2.50. The molecule has 1 heterocycles. The zero-order valence-corrected chi connectivity index (χ0v) is 4.52. The number of rotatable bonds is 1. The summed E-state index contributed by atoms with van der Waals surface area (Å²) >= 11 is 0. The number of nitrogens with zero attached hydrogens (tertiary/aromatic N) is 1. The molecule has 0 fully saturated rings. The van der Waals surface area contributed by atoms with Crippen molar-refractivity contribution in [1.82, 2.24) is 0 Å². The van der Waals surface area contributed by atoms with Gasteiger partial charge in [-0.1, -0.05) is 5.16 Å². The van der Waals surface area contributed by atoms with E-state index >= 15 is 0 Å². The Kier molecular flexibility index (Phi) is 1.74. The van der Waals surface area contributed by atoms with Gasteiger partial charge in [-0.2, -0.15) is 0 Å². The van der Waals surface area contributed by atoms with Crippen molar-refractivity contribution < 1.29 is 14.7 Å². The monoisotopic (exact) mass is 127 g/mol. The second kappa shape index (κ2) is 2.76. The molecule has 0 spiro atoms. The molecule has 0 aromatic rings. The van der Waals surface area contributed by atoms with Gasteiger partial charge < -0.3 is 14.7 Å². The van der Waals surface area contributed by atoms with Gasteiger partial charge in [0.15, 0.2) is 5.76 Å². The van der Waals surface area contributed by atoms with Crippen LogP contribution in [0.3, 0.4) is 0 Å². The molecular weight excluding hydrogens is 122 g/mol. The van der Waals surface area contributed by atoms with E-state index in [0.29, 0.717) is 5.76 Å². The number of hydrogen-bond donors (Lipinski definition) is 1. The van der Waals surface area contributed by atoms with E-state index in [-0.39, 0.29) is 0 Å². The maximum atomic E-state index is 7.99. The molecule has 4 heteroatoms. The number of hydrogen-bond acceptors (Lipinski definition) is 4. The summed E-state index contributed by atoms with van der Waals surface area (Å²) < 4.78 is 9.43. The van der Waals surface area contributed by atoms with Crippen LogP contribution in [-0.4, -0.2) is 11.4 Å². The fourth-order valence-corrected chi connectivity index (χ4v) is 0.390. The number of ether oxygens (including phenoxy) is 2. The molecular formula is C5H5NO3. The lowest BCUT2D eigenvalue weighted by molar-refractivity contribution is 0.270. The Bertz CT molecular complexity index is 171. The summed E-state index contributed by atoms with van der Waals surface area (Å²) in [7, 11) is 0. The van der Waals surface area contributed by atoms with Crippen LogP contribution in [0.25, 0.3) is 0 Å². The molecule has 0 aliphatic carbocycles. The van der Waals surface area contributed by atoms with Gasteiger partial charge in [-0.15, -0.1) is 0 Å². The lowest BCUT2D eigenvalue weighted by Crippen LogP contribution is -1.92. The predicted octanol–water partition coefficient (Wildman–Crippen LogP) is 0.806. The first-order chi connectivity index (χ1) is 4.43. The summed E-state index contributed by atoms with van der Waals surface area (Å²) in [6.45, 7) is 0. The molecule has 0 saturated heterocycles. The molecule has 1 N–H and O–H groups in total. The largest absolute Gasteiger partial charge is 0.465 e. The summed E-state index contributed by atoms with van der Waals surface area (Å²) in [4.78, 5) is 0. The van der Waals surface area contributed by atoms with E-state index < -0.39 is 0 Å². The zero-order chi connectivity index (χ0) is 6.53. The summed E-state index contributed by atoms with van der Waals surface area (Å²) in [6, 6.07) is 0. The lowest BCUT2D eigenvalue weighted by Gasteiger charge is -2.02. The van der Waals surface area contributed by atoms with Gasteiger partial charge in [-0.3, -0.25) is 0 Å². The third kappa shape index (κ3) is 1.49. The molecule has 0 unspecified atom stereocenters. The molecule has 9 heavy (non-hydrogen) atoms. The topological polar surface area (TPSA) is 51.1 Å². The van der Waals surface area contributed by atoms with Crippen LogP contribution in [0.1, 0.15) is 0 Å². The highest BCUT2D eigenvalue weighted by Crippen LogP contribution is 2.01. The second-order valence-corrected chi connectivity index (χ2v) is 1.29. The van der Waals surface area contributed by atoms with E-state index in [4.69, 9.17) is 9.94 Å². The predicted molar refractivity (Wildman–Crippen MR) is 29.7 cm³/mol. The van der Waals surface area contributed by atoms with E-state index in [2.05, 4.69) is 9.89 Å². The Labute approximate surface area is 51.7 Å². The first-order valence-electron chi connectivity index (χ1n) is 2.28. The van der Waals surface area contributed by atoms with Crippen LogP contribution in [0.15, 0.2) is 29.7 Å². The SMILES string of the molecule is ON=CC1=COC=CO1. The summed E-state index contributed by atoms with van der Waals surface area (Å²) in [5, 5.41) is 10.7. The molecule has 0 bridgehead atoms. The highest BCUT2D eigenvalue weighted by Gasteiger charge is 1.94. The smallest absolute Gasteiger partial charge is 0.183 e. The van der Waals surface area contributed by atoms with Crippen molar-refractivity contribution in [2.24, 2.45) is 5.16 Å². The van der Waals surface area contributed by atoms with Crippen LogP contribution in [0.5, 0.6) is 0 Å². The molecule has 0 radical (unpaired) electrons. The first kappa shape index (κ1) is 5.68. The van der Waals surface area contributed by atoms with Crippen LogP contribution in [0.4, 0.5) is 0 Å². The van der Waals surface area contributed by atoms with Gasteiger partial charge >= 0.3 is 0 Å². The molecule has 48 valence electrons. The molecule has 0 amide bonds. The summed E-state index contributed by atoms with van der Waals surface area (Å²) in [5.41, 5.74) is 0. The quantitative estimate of drug-likeness (QED) is 0.322. The van der Waals surface area contributed by atoms with Crippen molar-refractivity contribution in [2.75, 3.05) is 0 Å². The average molecular weight is 127 g/mol. The van der Waals surface area contributed by atoms with Gasteiger partial charge in [-0.05, 0) is 0 Å². The van der Waals surface area contributed by atoms with Crippen LogP contribution >= 0.6 is 0 Å². The number of oxime groups is 1.